The maximum atomic E-state index is 13.1. The highest BCUT2D eigenvalue weighted by Crippen LogP contribution is 2.29. The zero-order chi connectivity index (χ0) is 20.3. The standard InChI is InChI=1S/C23H25FN2OS/c1-5-7-20-21(18-9-8-15(3)16(4)14-18)26(6-2)23(28-20)25-22(27)17-10-12-19(24)13-11-17/h8-14H,5-7H2,1-4H3. The SMILES string of the molecule is CCCc1sc(=NC(=O)c2ccc(F)cc2)n(CC)c1-c1ccc(C)c(C)c1. The first kappa shape index (κ1) is 20.2. The van der Waals surface area contributed by atoms with Crippen LogP contribution in [0.3, 0.4) is 0 Å². The maximum Gasteiger partial charge on any atom is 0.279 e. The lowest BCUT2D eigenvalue weighted by Crippen LogP contribution is -2.17. The molecule has 0 fully saturated rings. The summed E-state index contributed by atoms with van der Waals surface area (Å²) in [6, 6.07) is 12.0. The Morgan fingerprint density at radius 3 is 2.39 bits per heavy atom. The molecule has 0 spiro atoms. The molecule has 146 valence electrons. The minimum Gasteiger partial charge on any atom is -0.316 e. The van der Waals surface area contributed by atoms with E-state index in [-0.39, 0.29) is 11.7 Å². The number of aryl methyl sites for hydroxylation is 3. The van der Waals surface area contributed by atoms with E-state index in [2.05, 4.69) is 55.5 Å². The van der Waals surface area contributed by atoms with Crippen molar-refractivity contribution in [3.05, 3.63) is 74.7 Å². The average Bonchev–Trinajstić information content (AvgIpc) is 3.01. The molecule has 0 atom stereocenters. The van der Waals surface area contributed by atoms with Gasteiger partial charge in [0, 0.05) is 17.0 Å². The Hall–Kier alpha value is -2.53. The fourth-order valence-electron chi connectivity index (χ4n) is 3.18. The van der Waals surface area contributed by atoms with Gasteiger partial charge in [0.15, 0.2) is 4.80 Å². The Balaban J connectivity index is 2.15. The number of benzene rings is 2. The Morgan fingerprint density at radius 2 is 1.79 bits per heavy atom. The Kier molecular flexibility index (Phi) is 6.25. The molecule has 1 heterocycles. The van der Waals surface area contributed by atoms with Crippen LogP contribution in [0.4, 0.5) is 4.39 Å². The van der Waals surface area contributed by atoms with Gasteiger partial charge >= 0.3 is 0 Å². The van der Waals surface area contributed by atoms with E-state index < -0.39 is 0 Å². The second kappa shape index (κ2) is 8.65. The van der Waals surface area contributed by atoms with Crippen LogP contribution in [0, 0.1) is 19.7 Å². The zero-order valence-corrected chi connectivity index (χ0v) is 17.6. The number of halogens is 1. The summed E-state index contributed by atoms with van der Waals surface area (Å²) >= 11 is 1.57. The number of amides is 1. The second-order valence-electron chi connectivity index (χ2n) is 6.87. The van der Waals surface area contributed by atoms with E-state index in [0.717, 1.165) is 30.6 Å². The number of nitrogens with zero attached hydrogens (tertiary/aromatic N) is 2. The fraction of sp³-hybridized carbons (Fsp3) is 0.304. The van der Waals surface area contributed by atoms with Gasteiger partial charge in [-0.3, -0.25) is 4.79 Å². The first-order valence-electron chi connectivity index (χ1n) is 9.59. The molecule has 0 aliphatic carbocycles. The minimum absolute atomic E-state index is 0.349. The molecule has 2 aromatic carbocycles. The molecule has 3 rings (SSSR count). The van der Waals surface area contributed by atoms with E-state index in [1.54, 1.807) is 11.3 Å². The lowest BCUT2D eigenvalue weighted by Gasteiger charge is -2.11. The molecule has 0 bridgehead atoms. The molecule has 1 amide bonds. The monoisotopic (exact) mass is 396 g/mol. The molecule has 0 saturated heterocycles. The Labute approximate surface area is 169 Å². The number of carbonyl (C=O) groups excluding carboxylic acids is 1. The zero-order valence-electron chi connectivity index (χ0n) is 16.8. The van der Waals surface area contributed by atoms with E-state index in [1.807, 2.05) is 0 Å². The third-order valence-electron chi connectivity index (χ3n) is 4.84. The van der Waals surface area contributed by atoms with Gasteiger partial charge in [-0.15, -0.1) is 11.3 Å². The molecule has 0 unspecified atom stereocenters. The van der Waals surface area contributed by atoms with Gasteiger partial charge in [-0.2, -0.15) is 4.99 Å². The topological polar surface area (TPSA) is 34.4 Å². The average molecular weight is 397 g/mol. The van der Waals surface area contributed by atoms with Crippen molar-refractivity contribution in [2.75, 3.05) is 0 Å². The van der Waals surface area contributed by atoms with Crippen molar-refractivity contribution >= 4 is 17.2 Å². The molecule has 0 radical (unpaired) electrons. The number of hydrogen-bond acceptors (Lipinski definition) is 2. The quantitative estimate of drug-likeness (QED) is 0.546. The molecule has 0 aliphatic heterocycles. The van der Waals surface area contributed by atoms with Crippen molar-refractivity contribution in [1.82, 2.24) is 4.57 Å². The molecule has 0 N–H and O–H groups in total. The van der Waals surface area contributed by atoms with Crippen LogP contribution in [0.15, 0.2) is 47.5 Å². The summed E-state index contributed by atoms with van der Waals surface area (Å²) < 4.78 is 15.3. The summed E-state index contributed by atoms with van der Waals surface area (Å²) in [5.41, 5.74) is 5.19. The highest BCUT2D eigenvalue weighted by molar-refractivity contribution is 7.09. The molecule has 3 nitrogen and oxygen atoms in total. The third-order valence-corrected chi connectivity index (χ3v) is 5.98. The van der Waals surface area contributed by atoms with E-state index in [4.69, 9.17) is 0 Å². The fourth-order valence-corrected chi connectivity index (χ4v) is 4.49. The summed E-state index contributed by atoms with van der Waals surface area (Å²) in [6.07, 6.45) is 1.96. The van der Waals surface area contributed by atoms with Crippen LogP contribution in [-0.4, -0.2) is 10.5 Å². The number of aromatic nitrogens is 1. The number of hydrogen-bond donors (Lipinski definition) is 0. The number of carbonyl (C=O) groups is 1. The highest BCUT2D eigenvalue weighted by atomic mass is 32.1. The lowest BCUT2D eigenvalue weighted by molar-refractivity contribution is 0.0998. The molecule has 0 aliphatic rings. The Bertz CT molecular complexity index is 1060. The lowest BCUT2D eigenvalue weighted by atomic mass is 10.0. The van der Waals surface area contributed by atoms with Crippen LogP contribution in [0.1, 0.15) is 46.6 Å². The molecule has 3 aromatic rings. The summed E-state index contributed by atoms with van der Waals surface area (Å²) in [5, 5.41) is 0. The largest absolute Gasteiger partial charge is 0.316 e. The van der Waals surface area contributed by atoms with Gasteiger partial charge in [-0.05, 0) is 74.2 Å². The summed E-state index contributed by atoms with van der Waals surface area (Å²) in [4.78, 5) is 18.9. The van der Waals surface area contributed by atoms with E-state index >= 15 is 0 Å². The maximum absolute atomic E-state index is 13.1. The molecule has 1 aromatic heterocycles. The first-order chi connectivity index (χ1) is 13.4. The van der Waals surface area contributed by atoms with E-state index in [1.165, 1.54) is 40.3 Å². The van der Waals surface area contributed by atoms with Gasteiger partial charge in [0.1, 0.15) is 5.82 Å². The molecule has 5 heteroatoms. The van der Waals surface area contributed by atoms with Crippen LogP contribution in [0.5, 0.6) is 0 Å². The van der Waals surface area contributed by atoms with Gasteiger partial charge in [-0.25, -0.2) is 4.39 Å². The van der Waals surface area contributed by atoms with Crippen LogP contribution >= 0.6 is 11.3 Å². The second-order valence-corrected chi connectivity index (χ2v) is 7.94. The van der Waals surface area contributed by atoms with Crippen LogP contribution in [0.25, 0.3) is 11.3 Å². The normalized spacial score (nSPS) is 11.8. The number of rotatable bonds is 5. The third kappa shape index (κ3) is 4.14. The molecular weight excluding hydrogens is 371 g/mol. The number of thiazole rings is 1. The summed E-state index contributed by atoms with van der Waals surface area (Å²) in [5.74, 6) is -0.711. The molecule has 28 heavy (non-hydrogen) atoms. The van der Waals surface area contributed by atoms with Crippen molar-refractivity contribution in [1.29, 1.82) is 0 Å². The van der Waals surface area contributed by atoms with E-state index in [9.17, 15) is 9.18 Å². The minimum atomic E-state index is -0.362. The van der Waals surface area contributed by atoms with Crippen LogP contribution < -0.4 is 4.80 Å². The predicted molar refractivity (Wildman–Crippen MR) is 113 cm³/mol. The van der Waals surface area contributed by atoms with Crippen molar-refractivity contribution in [3.63, 3.8) is 0 Å². The smallest absolute Gasteiger partial charge is 0.279 e. The van der Waals surface area contributed by atoms with Crippen molar-refractivity contribution in [3.8, 4) is 11.3 Å². The van der Waals surface area contributed by atoms with E-state index in [0.29, 0.717) is 10.4 Å². The van der Waals surface area contributed by atoms with Gasteiger partial charge in [-0.1, -0.05) is 25.5 Å². The summed E-state index contributed by atoms with van der Waals surface area (Å²) in [7, 11) is 0. The highest BCUT2D eigenvalue weighted by Gasteiger charge is 2.16. The van der Waals surface area contributed by atoms with Crippen molar-refractivity contribution in [2.45, 2.75) is 47.1 Å². The van der Waals surface area contributed by atoms with Gasteiger partial charge in [0.25, 0.3) is 5.91 Å². The van der Waals surface area contributed by atoms with Gasteiger partial charge < -0.3 is 4.57 Å². The van der Waals surface area contributed by atoms with Crippen LogP contribution in [-0.2, 0) is 13.0 Å². The van der Waals surface area contributed by atoms with Gasteiger partial charge in [0.05, 0.1) is 5.69 Å². The predicted octanol–water partition coefficient (Wildman–Crippen LogP) is 5.69. The van der Waals surface area contributed by atoms with Crippen molar-refractivity contribution in [2.24, 2.45) is 4.99 Å². The first-order valence-corrected chi connectivity index (χ1v) is 10.4. The molecular formula is C23H25FN2OS. The summed E-state index contributed by atoms with van der Waals surface area (Å²) in [6.45, 7) is 9.16. The Morgan fingerprint density at radius 1 is 1.07 bits per heavy atom. The van der Waals surface area contributed by atoms with Gasteiger partial charge in [0.2, 0.25) is 0 Å². The van der Waals surface area contributed by atoms with Crippen molar-refractivity contribution < 1.29 is 9.18 Å². The van der Waals surface area contributed by atoms with Crippen LogP contribution in [0.2, 0.25) is 0 Å². The molecule has 0 saturated carbocycles.